The Balaban J connectivity index is 1.36. The molecule has 1 saturated heterocycles. The summed E-state index contributed by atoms with van der Waals surface area (Å²) in [5.41, 5.74) is 0.159. The quantitative estimate of drug-likeness (QED) is 0.655. The van der Waals surface area contributed by atoms with Gasteiger partial charge in [0.25, 0.3) is 5.91 Å². The fourth-order valence-corrected chi connectivity index (χ4v) is 5.65. The van der Waals surface area contributed by atoms with Crippen molar-refractivity contribution in [3.8, 4) is 0 Å². The van der Waals surface area contributed by atoms with E-state index in [1.807, 2.05) is 26.2 Å². The molecule has 0 N–H and O–H groups in total. The number of hydrogen-bond donors (Lipinski definition) is 0. The fourth-order valence-electron chi connectivity index (χ4n) is 4.68. The zero-order valence-electron chi connectivity index (χ0n) is 18.6. The second kappa shape index (κ2) is 8.85. The standard InChI is InChI=1S/C23H35N3O3S/c1-23(2,3)29-22(28)25-13-11-16(12-14-25)20-24-19(15-30-20)21(27)26(18-9-10-18)17-7-5-4-6-8-17/h15-18H,4-14H2,1-3H3. The average molecular weight is 434 g/mol. The van der Waals surface area contributed by atoms with E-state index < -0.39 is 5.60 Å². The number of hydrogen-bond acceptors (Lipinski definition) is 5. The number of thiazole rings is 1. The summed E-state index contributed by atoms with van der Waals surface area (Å²) in [4.78, 5) is 34.3. The number of carbonyl (C=O) groups excluding carboxylic acids is 2. The molecule has 1 aromatic rings. The molecule has 0 spiro atoms. The highest BCUT2D eigenvalue weighted by Crippen LogP contribution is 2.36. The van der Waals surface area contributed by atoms with Crippen molar-refractivity contribution in [3.05, 3.63) is 16.1 Å². The molecule has 1 aliphatic heterocycles. The Labute approximate surface area is 184 Å². The maximum atomic E-state index is 13.3. The van der Waals surface area contributed by atoms with Crippen molar-refractivity contribution in [2.45, 2.75) is 102 Å². The minimum atomic E-state index is -0.468. The molecule has 1 aromatic heterocycles. The molecule has 0 aromatic carbocycles. The van der Waals surface area contributed by atoms with Crippen LogP contribution in [0, 0.1) is 0 Å². The molecule has 2 heterocycles. The predicted octanol–water partition coefficient (Wildman–Crippen LogP) is 5.19. The lowest BCUT2D eigenvalue weighted by Crippen LogP contribution is -2.43. The number of likely N-dealkylation sites (tertiary alicyclic amines) is 1. The van der Waals surface area contributed by atoms with Crippen LogP contribution in [0.15, 0.2) is 5.38 Å². The third-order valence-electron chi connectivity index (χ3n) is 6.38. The third kappa shape index (κ3) is 5.16. The number of carbonyl (C=O) groups is 2. The van der Waals surface area contributed by atoms with Crippen LogP contribution in [0.1, 0.15) is 100.0 Å². The van der Waals surface area contributed by atoms with Gasteiger partial charge in [0.1, 0.15) is 11.3 Å². The number of aromatic nitrogens is 1. The van der Waals surface area contributed by atoms with Crippen LogP contribution < -0.4 is 0 Å². The Morgan fingerprint density at radius 2 is 1.67 bits per heavy atom. The molecule has 4 rings (SSSR count). The van der Waals surface area contributed by atoms with E-state index in [2.05, 4.69) is 4.90 Å². The van der Waals surface area contributed by atoms with Crippen LogP contribution >= 0.6 is 11.3 Å². The summed E-state index contributed by atoms with van der Waals surface area (Å²) in [7, 11) is 0. The summed E-state index contributed by atoms with van der Waals surface area (Å²) in [6, 6.07) is 0.837. The summed E-state index contributed by atoms with van der Waals surface area (Å²) in [6.45, 7) is 7.04. The molecule has 3 aliphatic rings. The van der Waals surface area contributed by atoms with Crippen molar-refractivity contribution < 1.29 is 14.3 Å². The van der Waals surface area contributed by atoms with E-state index in [-0.39, 0.29) is 12.0 Å². The smallest absolute Gasteiger partial charge is 0.410 e. The Kier molecular flexibility index (Phi) is 6.37. The van der Waals surface area contributed by atoms with Gasteiger partial charge in [-0.25, -0.2) is 9.78 Å². The Bertz CT molecular complexity index is 754. The minimum absolute atomic E-state index is 0.137. The number of piperidine rings is 1. The summed E-state index contributed by atoms with van der Waals surface area (Å²) < 4.78 is 5.49. The topological polar surface area (TPSA) is 62.7 Å². The van der Waals surface area contributed by atoms with Crippen molar-refractivity contribution in [1.29, 1.82) is 0 Å². The van der Waals surface area contributed by atoms with E-state index in [9.17, 15) is 9.59 Å². The van der Waals surface area contributed by atoms with Gasteiger partial charge >= 0.3 is 6.09 Å². The lowest BCUT2D eigenvalue weighted by atomic mass is 9.94. The summed E-state index contributed by atoms with van der Waals surface area (Å²) >= 11 is 1.61. The molecule has 2 saturated carbocycles. The van der Waals surface area contributed by atoms with Crippen molar-refractivity contribution in [1.82, 2.24) is 14.8 Å². The van der Waals surface area contributed by atoms with Gasteiger partial charge in [0.05, 0.1) is 5.01 Å². The van der Waals surface area contributed by atoms with Crippen LogP contribution in [0.4, 0.5) is 4.79 Å². The van der Waals surface area contributed by atoms with Crippen LogP contribution in [-0.4, -0.2) is 57.6 Å². The van der Waals surface area contributed by atoms with Gasteiger partial charge in [-0.3, -0.25) is 4.79 Å². The largest absolute Gasteiger partial charge is 0.444 e. The first-order valence-electron chi connectivity index (χ1n) is 11.6. The maximum absolute atomic E-state index is 13.3. The van der Waals surface area contributed by atoms with Gasteiger partial charge in [-0.2, -0.15) is 0 Å². The minimum Gasteiger partial charge on any atom is -0.444 e. The summed E-state index contributed by atoms with van der Waals surface area (Å²) in [6.07, 6.45) is 9.84. The first-order valence-corrected chi connectivity index (χ1v) is 12.5. The van der Waals surface area contributed by atoms with Crippen LogP contribution in [0.2, 0.25) is 0 Å². The molecule has 3 fully saturated rings. The van der Waals surface area contributed by atoms with Crippen molar-refractivity contribution in [3.63, 3.8) is 0 Å². The lowest BCUT2D eigenvalue weighted by Gasteiger charge is -2.34. The normalized spacial score (nSPS) is 21.5. The maximum Gasteiger partial charge on any atom is 0.410 e. The highest BCUT2D eigenvalue weighted by Gasteiger charge is 2.39. The summed E-state index contributed by atoms with van der Waals surface area (Å²) in [5, 5.41) is 3.00. The zero-order chi connectivity index (χ0) is 21.3. The van der Waals surface area contributed by atoms with Gasteiger partial charge < -0.3 is 14.5 Å². The molecule has 6 nitrogen and oxygen atoms in total. The van der Waals surface area contributed by atoms with Gasteiger partial charge in [-0.15, -0.1) is 11.3 Å². The Morgan fingerprint density at radius 3 is 2.27 bits per heavy atom. The molecule has 0 unspecified atom stereocenters. The number of rotatable bonds is 4. The molecule has 0 bridgehead atoms. The molecule has 0 atom stereocenters. The molecule has 2 amide bonds. The van der Waals surface area contributed by atoms with Crippen LogP contribution in [0.3, 0.4) is 0 Å². The van der Waals surface area contributed by atoms with Crippen molar-refractivity contribution in [2.75, 3.05) is 13.1 Å². The van der Waals surface area contributed by atoms with E-state index in [0.717, 1.165) is 43.5 Å². The number of amides is 2. The molecular weight excluding hydrogens is 398 g/mol. The van der Waals surface area contributed by atoms with E-state index in [1.54, 1.807) is 16.2 Å². The molecule has 2 aliphatic carbocycles. The Hall–Kier alpha value is -1.63. The van der Waals surface area contributed by atoms with Crippen LogP contribution in [-0.2, 0) is 4.74 Å². The van der Waals surface area contributed by atoms with Gasteiger partial charge in [-0.1, -0.05) is 19.3 Å². The number of nitrogens with zero attached hydrogens (tertiary/aromatic N) is 3. The van der Waals surface area contributed by atoms with Crippen molar-refractivity contribution in [2.24, 2.45) is 0 Å². The zero-order valence-corrected chi connectivity index (χ0v) is 19.4. The fraction of sp³-hybridized carbons (Fsp3) is 0.783. The molecular formula is C23H35N3O3S. The van der Waals surface area contributed by atoms with Gasteiger partial charge in [0.2, 0.25) is 0 Å². The van der Waals surface area contributed by atoms with E-state index in [4.69, 9.17) is 9.72 Å². The lowest BCUT2D eigenvalue weighted by molar-refractivity contribution is 0.0204. The van der Waals surface area contributed by atoms with Crippen molar-refractivity contribution >= 4 is 23.3 Å². The highest BCUT2D eigenvalue weighted by atomic mass is 32.1. The average Bonchev–Trinajstić information content (AvgIpc) is 3.42. The highest BCUT2D eigenvalue weighted by molar-refractivity contribution is 7.09. The second-order valence-electron chi connectivity index (χ2n) is 10.0. The monoisotopic (exact) mass is 433 g/mol. The SMILES string of the molecule is CC(C)(C)OC(=O)N1CCC(c2nc(C(=O)N(C3CCCCC3)C3CC3)cs2)CC1. The van der Waals surface area contributed by atoms with E-state index in [0.29, 0.717) is 36.8 Å². The molecule has 0 radical (unpaired) electrons. The number of ether oxygens (including phenoxy) is 1. The predicted molar refractivity (Wildman–Crippen MR) is 118 cm³/mol. The molecule has 7 heteroatoms. The summed E-state index contributed by atoms with van der Waals surface area (Å²) in [5.74, 6) is 0.456. The van der Waals surface area contributed by atoms with Crippen LogP contribution in [0.5, 0.6) is 0 Å². The van der Waals surface area contributed by atoms with Gasteiger partial charge in [0.15, 0.2) is 0 Å². The van der Waals surface area contributed by atoms with E-state index >= 15 is 0 Å². The Morgan fingerprint density at radius 1 is 1.03 bits per heavy atom. The first kappa shape index (κ1) is 21.6. The third-order valence-corrected chi connectivity index (χ3v) is 7.39. The first-order chi connectivity index (χ1) is 14.3. The second-order valence-corrected chi connectivity index (χ2v) is 10.9. The van der Waals surface area contributed by atoms with Gasteiger partial charge in [0, 0.05) is 36.5 Å². The van der Waals surface area contributed by atoms with E-state index in [1.165, 1.54) is 19.3 Å². The molecule has 30 heavy (non-hydrogen) atoms. The van der Waals surface area contributed by atoms with Crippen LogP contribution in [0.25, 0.3) is 0 Å². The van der Waals surface area contributed by atoms with Gasteiger partial charge in [-0.05, 0) is 59.3 Å². The molecule has 166 valence electrons.